The molecular formula is C50H38O6S2. The summed E-state index contributed by atoms with van der Waals surface area (Å²) in [6.45, 7) is 0. The lowest BCUT2D eigenvalue weighted by atomic mass is 9.72. The van der Waals surface area contributed by atoms with Crippen LogP contribution >= 0.6 is 22.7 Å². The van der Waals surface area contributed by atoms with Crippen LogP contribution in [0.4, 0.5) is 0 Å². The summed E-state index contributed by atoms with van der Waals surface area (Å²) in [4.78, 5) is 56.5. The minimum Gasteiger partial charge on any atom is -0.482 e. The lowest BCUT2D eigenvalue weighted by molar-refractivity contribution is -0.110. The summed E-state index contributed by atoms with van der Waals surface area (Å²) < 4.78 is 14.4. The topological polar surface area (TPSA) is 86.7 Å². The van der Waals surface area contributed by atoms with E-state index in [0.29, 0.717) is 33.4 Å². The molecule has 2 unspecified atom stereocenters. The summed E-state index contributed by atoms with van der Waals surface area (Å²) in [5, 5.41) is 0. The monoisotopic (exact) mass is 798 g/mol. The minimum absolute atomic E-state index is 0.0570. The molecule has 4 heterocycles. The zero-order valence-corrected chi connectivity index (χ0v) is 33.4. The Bertz CT molecular complexity index is 2590. The first-order valence-electron chi connectivity index (χ1n) is 20.6. The highest BCUT2D eigenvalue weighted by Crippen LogP contribution is 2.59. The Morgan fingerprint density at radius 3 is 1.31 bits per heavy atom. The zero-order chi connectivity index (χ0) is 38.9. The van der Waals surface area contributed by atoms with Crippen LogP contribution in [0.2, 0.25) is 0 Å². The van der Waals surface area contributed by atoms with E-state index in [0.717, 1.165) is 83.8 Å². The molecule has 0 bridgehead atoms. The van der Waals surface area contributed by atoms with Crippen LogP contribution in [0.25, 0.3) is 34.4 Å². The van der Waals surface area contributed by atoms with Crippen molar-refractivity contribution in [1.82, 2.24) is 0 Å². The van der Waals surface area contributed by atoms with Gasteiger partial charge in [0.25, 0.3) is 0 Å². The molecule has 2 aromatic heterocycles. The van der Waals surface area contributed by atoms with Gasteiger partial charge in [0.1, 0.15) is 22.7 Å². The lowest BCUT2D eigenvalue weighted by Gasteiger charge is -2.46. The maximum absolute atomic E-state index is 13.2. The van der Waals surface area contributed by atoms with Crippen LogP contribution in [0.3, 0.4) is 0 Å². The molecule has 0 N–H and O–H groups in total. The number of ketones is 4. The molecule has 4 aromatic rings. The number of benzene rings is 2. The van der Waals surface area contributed by atoms with E-state index in [1.54, 1.807) is 34.8 Å². The second-order valence-corrected chi connectivity index (χ2v) is 19.2. The fourth-order valence-electron chi connectivity index (χ4n) is 10.9. The normalized spacial score (nSPS) is 25.7. The minimum atomic E-state index is -0.443. The number of ether oxygens (including phenoxy) is 2. The van der Waals surface area contributed by atoms with E-state index >= 15 is 0 Å². The fraction of sp³-hybridized carbons (Fsp3) is 0.280. The third-order valence-electron chi connectivity index (χ3n) is 13.7. The molecule has 6 aliphatic carbocycles. The summed E-state index contributed by atoms with van der Waals surface area (Å²) in [5.74, 6) is 0.193. The third kappa shape index (κ3) is 4.94. The van der Waals surface area contributed by atoms with Crippen molar-refractivity contribution in [2.45, 2.75) is 75.4 Å². The molecule has 8 heteroatoms. The highest BCUT2D eigenvalue weighted by molar-refractivity contribution is 7.14. The quantitative estimate of drug-likeness (QED) is 0.148. The number of allylic oxidation sites excluding steroid dienone is 8. The lowest BCUT2D eigenvalue weighted by Crippen LogP contribution is -2.37. The van der Waals surface area contributed by atoms with Gasteiger partial charge in [-0.1, -0.05) is 73.5 Å². The Morgan fingerprint density at radius 1 is 0.500 bits per heavy atom. The van der Waals surface area contributed by atoms with E-state index in [-0.39, 0.29) is 11.8 Å². The molecule has 12 rings (SSSR count). The molecule has 58 heavy (non-hydrogen) atoms. The van der Waals surface area contributed by atoms with Gasteiger partial charge in [-0.05, 0) is 98.9 Å². The fourth-order valence-corrected chi connectivity index (χ4v) is 13.3. The van der Waals surface area contributed by atoms with Crippen LogP contribution in [0.5, 0.6) is 0 Å². The molecule has 8 aliphatic rings. The first-order chi connectivity index (χ1) is 28.3. The Labute approximate surface area is 344 Å². The van der Waals surface area contributed by atoms with E-state index in [9.17, 15) is 19.2 Å². The summed E-state index contributed by atoms with van der Waals surface area (Å²) in [6, 6.07) is 19.0. The number of hydrogen-bond acceptors (Lipinski definition) is 8. The van der Waals surface area contributed by atoms with Gasteiger partial charge in [0.05, 0.1) is 0 Å². The van der Waals surface area contributed by atoms with Gasteiger partial charge in [0.15, 0.2) is 0 Å². The molecule has 2 aliphatic heterocycles. The molecule has 2 atom stereocenters. The van der Waals surface area contributed by atoms with Gasteiger partial charge in [-0.15, -0.1) is 22.7 Å². The van der Waals surface area contributed by atoms with Crippen LogP contribution in [-0.2, 0) is 30.3 Å². The number of rotatable bonds is 2. The third-order valence-corrected chi connectivity index (χ3v) is 15.9. The van der Waals surface area contributed by atoms with Crippen molar-refractivity contribution in [3.05, 3.63) is 149 Å². The molecule has 0 amide bonds. The number of carbonyl (C=O) groups excluding carboxylic acids is 4. The zero-order valence-electron chi connectivity index (χ0n) is 31.7. The number of fused-ring (bicyclic) bond motifs is 11. The predicted octanol–water partition coefficient (Wildman–Crippen LogP) is 11.3. The standard InChI is InChI=1S/C50H38O6S2/c51-43-33-13-5-3-11-31(33)35(45(43)53)23-29-25-39-47(57-29)37-19-28-22-42-38(20-27(28)21-41(37)55-49(39)15-7-1-8-16-49)48-40(50(56-42)17-9-2-10-18-50)26-30(58-48)24-36-32-12-4-6-14-34(32)44(52)46(36)54/h3-6,11-14,19-28H,1-2,7-10,15-18H2/b35-23-,36-24-. The second kappa shape index (κ2) is 12.5. The first-order valence-corrected chi connectivity index (χ1v) is 22.3. The summed E-state index contributed by atoms with van der Waals surface area (Å²) in [6.07, 6.45) is 23.6. The van der Waals surface area contributed by atoms with Gasteiger partial charge in [-0.2, -0.15) is 0 Å². The van der Waals surface area contributed by atoms with Gasteiger partial charge in [0, 0.05) is 75.9 Å². The van der Waals surface area contributed by atoms with Crippen LogP contribution in [0.15, 0.2) is 96.5 Å². The summed E-state index contributed by atoms with van der Waals surface area (Å²) in [7, 11) is 0. The molecule has 6 nitrogen and oxygen atoms in total. The summed E-state index contributed by atoms with van der Waals surface area (Å²) >= 11 is 3.38. The highest BCUT2D eigenvalue weighted by atomic mass is 32.1. The predicted molar refractivity (Wildman–Crippen MR) is 227 cm³/mol. The van der Waals surface area contributed by atoms with Crippen molar-refractivity contribution < 1.29 is 28.7 Å². The van der Waals surface area contributed by atoms with Crippen molar-refractivity contribution in [3.8, 4) is 0 Å². The molecule has 2 fully saturated rings. The van der Waals surface area contributed by atoms with Crippen LogP contribution in [0, 0.1) is 11.8 Å². The molecular weight excluding hydrogens is 761 g/mol. The van der Waals surface area contributed by atoms with Crippen LogP contribution in [0.1, 0.15) is 127 Å². The SMILES string of the molecule is O=C1C(=O)c2ccccc2/C1=C/c1cc2c(s1)C1=CC3C=C4OC5(CCCCC5)c5cc(/C=C6\C(=O)C(=O)c7ccccc76)sc5C4=CC3C=C1OC21CCCCC1. The van der Waals surface area contributed by atoms with Gasteiger partial charge in [0.2, 0.25) is 23.1 Å². The average molecular weight is 799 g/mol. The summed E-state index contributed by atoms with van der Waals surface area (Å²) in [5.41, 5.74) is 7.00. The van der Waals surface area contributed by atoms with Gasteiger partial charge in [-0.25, -0.2) is 0 Å². The largest absolute Gasteiger partial charge is 0.482 e. The smallest absolute Gasteiger partial charge is 0.234 e. The Kier molecular flexibility index (Phi) is 7.47. The number of hydrogen-bond donors (Lipinski definition) is 0. The molecule has 2 saturated carbocycles. The van der Waals surface area contributed by atoms with E-state index < -0.39 is 34.3 Å². The van der Waals surface area contributed by atoms with E-state index in [4.69, 9.17) is 9.47 Å². The van der Waals surface area contributed by atoms with Gasteiger partial charge < -0.3 is 9.47 Å². The highest BCUT2D eigenvalue weighted by Gasteiger charge is 2.49. The molecule has 2 aromatic carbocycles. The Balaban J connectivity index is 0.957. The number of carbonyl (C=O) groups is 4. The molecule has 286 valence electrons. The van der Waals surface area contributed by atoms with Crippen molar-refractivity contribution in [3.63, 3.8) is 0 Å². The van der Waals surface area contributed by atoms with Crippen molar-refractivity contribution in [1.29, 1.82) is 0 Å². The number of Topliss-reactive ketones (excluding diaryl/α,β-unsaturated/α-hetero) is 4. The van der Waals surface area contributed by atoms with Crippen molar-refractivity contribution >= 4 is 80.3 Å². The average Bonchev–Trinajstić information content (AvgIpc) is 4.00. The van der Waals surface area contributed by atoms with Crippen molar-refractivity contribution in [2.24, 2.45) is 11.8 Å². The van der Waals surface area contributed by atoms with E-state index in [2.05, 4.69) is 36.4 Å². The Morgan fingerprint density at radius 2 is 0.897 bits per heavy atom. The molecule has 0 radical (unpaired) electrons. The van der Waals surface area contributed by atoms with E-state index in [1.165, 1.54) is 33.7 Å². The van der Waals surface area contributed by atoms with Crippen LogP contribution < -0.4 is 0 Å². The maximum atomic E-state index is 13.2. The van der Waals surface area contributed by atoms with Crippen LogP contribution in [-0.4, -0.2) is 23.1 Å². The number of thiophene rings is 2. The maximum Gasteiger partial charge on any atom is 0.234 e. The first kappa shape index (κ1) is 34.6. The molecule has 0 saturated heterocycles. The Hall–Kier alpha value is -5.44. The molecule has 2 spiro atoms. The van der Waals surface area contributed by atoms with Gasteiger partial charge in [-0.3, -0.25) is 19.2 Å². The van der Waals surface area contributed by atoms with Crippen molar-refractivity contribution in [2.75, 3.05) is 0 Å². The second-order valence-electron chi connectivity index (χ2n) is 17.0. The van der Waals surface area contributed by atoms with Gasteiger partial charge >= 0.3 is 0 Å². The van der Waals surface area contributed by atoms with E-state index in [1.807, 2.05) is 48.6 Å².